The molecular weight excluding hydrogens is 460 g/mol. The molecule has 2 aromatic carbocycles. The van der Waals surface area contributed by atoms with E-state index < -0.39 is 6.04 Å². The first-order valence-corrected chi connectivity index (χ1v) is 13.3. The van der Waals surface area contributed by atoms with Crippen molar-refractivity contribution in [3.8, 4) is 0 Å². The van der Waals surface area contributed by atoms with E-state index in [9.17, 15) is 9.59 Å². The molecule has 2 aromatic heterocycles. The van der Waals surface area contributed by atoms with Gasteiger partial charge in [-0.2, -0.15) is 0 Å². The zero-order chi connectivity index (χ0) is 25.6. The first-order valence-electron chi connectivity index (χ1n) is 13.3. The van der Waals surface area contributed by atoms with Crippen LogP contribution in [0.1, 0.15) is 61.8 Å². The van der Waals surface area contributed by atoms with Gasteiger partial charge in [-0.15, -0.1) is 0 Å². The smallest absolute Gasteiger partial charge is 0.248 e. The van der Waals surface area contributed by atoms with E-state index in [2.05, 4.69) is 22.2 Å². The molecule has 4 aromatic rings. The maximum absolute atomic E-state index is 14.1. The molecule has 2 heterocycles. The molecule has 1 saturated carbocycles. The Morgan fingerprint density at radius 2 is 1.81 bits per heavy atom. The molecule has 1 atom stereocenters. The van der Waals surface area contributed by atoms with Crippen LogP contribution in [0.3, 0.4) is 0 Å². The number of aromatic amines is 1. The standard InChI is InChI=1S/C31H34N4O2/c1-2-22-14-16-26(17-15-22)35(29(36)19-24-21-33-28-13-7-6-12-27(24)28)30(23-9-8-18-32-20-23)31(37)34-25-10-4-3-5-11-25/h6-9,12-18,20-21,25,30,33H,2-5,10-11,19H2,1H3,(H,34,37). The van der Waals surface area contributed by atoms with Crippen LogP contribution in [0.5, 0.6) is 0 Å². The van der Waals surface area contributed by atoms with Gasteiger partial charge in [0.1, 0.15) is 6.04 Å². The SMILES string of the molecule is CCc1ccc(N(C(=O)Cc2c[nH]c3ccccc23)C(C(=O)NC2CCCCC2)c2cccnc2)cc1. The first-order chi connectivity index (χ1) is 18.1. The van der Waals surface area contributed by atoms with Crippen LogP contribution >= 0.6 is 0 Å². The zero-order valence-electron chi connectivity index (χ0n) is 21.3. The van der Waals surface area contributed by atoms with Crippen LogP contribution in [0.4, 0.5) is 5.69 Å². The number of para-hydroxylation sites is 1. The van der Waals surface area contributed by atoms with Gasteiger partial charge in [0.15, 0.2) is 0 Å². The quantitative estimate of drug-likeness (QED) is 0.321. The van der Waals surface area contributed by atoms with E-state index in [1.165, 1.54) is 12.0 Å². The highest BCUT2D eigenvalue weighted by molar-refractivity contribution is 6.03. The topological polar surface area (TPSA) is 78.1 Å². The van der Waals surface area contributed by atoms with E-state index in [1.54, 1.807) is 17.3 Å². The van der Waals surface area contributed by atoms with Crippen molar-refractivity contribution < 1.29 is 9.59 Å². The molecule has 1 unspecified atom stereocenters. The Labute approximate surface area is 218 Å². The molecule has 6 heteroatoms. The molecule has 0 bridgehead atoms. The number of nitrogens with zero attached hydrogens (tertiary/aromatic N) is 2. The fraction of sp³-hybridized carbons (Fsp3) is 0.323. The van der Waals surface area contributed by atoms with Crippen LogP contribution in [0.2, 0.25) is 0 Å². The summed E-state index contributed by atoms with van der Waals surface area (Å²) in [5.41, 5.74) is 4.48. The highest BCUT2D eigenvalue weighted by Crippen LogP contribution is 2.31. The van der Waals surface area contributed by atoms with Gasteiger partial charge < -0.3 is 10.3 Å². The highest BCUT2D eigenvalue weighted by Gasteiger charge is 2.34. The molecule has 0 radical (unpaired) electrons. The van der Waals surface area contributed by atoms with Crippen molar-refractivity contribution in [2.24, 2.45) is 0 Å². The Morgan fingerprint density at radius 1 is 1.03 bits per heavy atom. The minimum Gasteiger partial charge on any atom is -0.361 e. The molecule has 2 N–H and O–H groups in total. The second-order valence-electron chi connectivity index (χ2n) is 9.85. The Hall–Kier alpha value is -3.93. The average molecular weight is 495 g/mol. The van der Waals surface area contributed by atoms with Crippen LogP contribution in [0.15, 0.2) is 79.3 Å². The number of hydrogen-bond donors (Lipinski definition) is 2. The van der Waals surface area contributed by atoms with Crippen LogP contribution < -0.4 is 10.2 Å². The van der Waals surface area contributed by atoms with Crippen LogP contribution in [-0.4, -0.2) is 27.8 Å². The van der Waals surface area contributed by atoms with Crippen molar-refractivity contribution in [3.05, 3.63) is 95.9 Å². The Balaban J connectivity index is 1.54. The van der Waals surface area contributed by atoms with Gasteiger partial charge in [0.2, 0.25) is 11.8 Å². The van der Waals surface area contributed by atoms with E-state index in [0.717, 1.165) is 48.6 Å². The second-order valence-corrected chi connectivity index (χ2v) is 9.85. The Morgan fingerprint density at radius 3 is 2.54 bits per heavy atom. The molecular formula is C31H34N4O2. The summed E-state index contributed by atoms with van der Waals surface area (Å²) in [5, 5.41) is 4.28. The minimum absolute atomic E-state index is 0.133. The third-order valence-corrected chi connectivity index (χ3v) is 7.37. The van der Waals surface area contributed by atoms with E-state index in [0.29, 0.717) is 11.3 Å². The number of pyridine rings is 1. The molecule has 1 fully saturated rings. The Kier molecular flexibility index (Phi) is 7.64. The summed E-state index contributed by atoms with van der Waals surface area (Å²) in [6.45, 7) is 2.10. The molecule has 1 aliphatic carbocycles. The number of fused-ring (bicyclic) bond motifs is 1. The van der Waals surface area contributed by atoms with Gasteiger partial charge in [0, 0.05) is 46.8 Å². The lowest BCUT2D eigenvalue weighted by atomic mass is 9.94. The summed E-state index contributed by atoms with van der Waals surface area (Å²) in [7, 11) is 0. The largest absolute Gasteiger partial charge is 0.361 e. The number of aromatic nitrogens is 2. The molecule has 0 aliphatic heterocycles. The number of H-pyrrole nitrogens is 1. The maximum atomic E-state index is 14.1. The number of carbonyl (C=O) groups excluding carboxylic acids is 2. The monoisotopic (exact) mass is 494 g/mol. The van der Waals surface area contributed by atoms with Gasteiger partial charge >= 0.3 is 0 Å². The average Bonchev–Trinajstić information content (AvgIpc) is 3.35. The van der Waals surface area contributed by atoms with Crippen LogP contribution in [0.25, 0.3) is 10.9 Å². The van der Waals surface area contributed by atoms with E-state index in [4.69, 9.17) is 0 Å². The lowest BCUT2D eigenvalue weighted by Gasteiger charge is -2.33. The molecule has 0 spiro atoms. The van der Waals surface area contributed by atoms with E-state index in [1.807, 2.05) is 66.9 Å². The fourth-order valence-electron chi connectivity index (χ4n) is 5.34. The first kappa shape index (κ1) is 24.8. The van der Waals surface area contributed by atoms with Gasteiger partial charge in [-0.1, -0.05) is 62.6 Å². The van der Waals surface area contributed by atoms with Crippen molar-refractivity contribution in [3.63, 3.8) is 0 Å². The number of amides is 2. The summed E-state index contributed by atoms with van der Waals surface area (Å²) in [5.74, 6) is -0.298. The number of anilines is 1. The molecule has 2 amide bonds. The van der Waals surface area contributed by atoms with Gasteiger partial charge in [-0.3, -0.25) is 19.5 Å². The predicted octanol–water partition coefficient (Wildman–Crippen LogP) is 5.89. The highest BCUT2D eigenvalue weighted by atomic mass is 16.2. The molecule has 37 heavy (non-hydrogen) atoms. The third kappa shape index (κ3) is 5.58. The van der Waals surface area contributed by atoms with Gasteiger partial charge in [-0.25, -0.2) is 0 Å². The lowest BCUT2D eigenvalue weighted by molar-refractivity contribution is -0.127. The fourth-order valence-corrected chi connectivity index (χ4v) is 5.34. The van der Waals surface area contributed by atoms with Crippen molar-refractivity contribution in [1.29, 1.82) is 0 Å². The van der Waals surface area contributed by atoms with Crippen molar-refractivity contribution in [1.82, 2.24) is 15.3 Å². The number of nitrogens with one attached hydrogen (secondary N) is 2. The maximum Gasteiger partial charge on any atom is 0.248 e. The third-order valence-electron chi connectivity index (χ3n) is 7.37. The normalized spacial score (nSPS) is 14.8. The molecule has 190 valence electrons. The number of rotatable bonds is 8. The predicted molar refractivity (Wildman–Crippen MR) is 147 cm³/mol. The van der Waals surface area contributed by atoms with Crippen molar-refractivity contribution >= 4 is 28.4 Å². The van der Waals surface area contributed by atoms with Gasteiger partial charge in [0.25, 0.3) is 0 Å². The van der Waals surface area contributed by atoms with Crippen LogP contribution in [0, 0.1) is 0 Å². The minimum atomic E-state index is -0.819. The molecule has 5 rings (SSSR count). The summed E-state index contributed by atoms with van der Waals surface area (Å²) in [6.07, 6.45) is 11.7. The number of hydrogen-bond acceptors (Lipinski definition) is 3. The number of benzene rings is 2. The van der Waals surface area contributed by atoms with E-state index >= 15 is 0 Å². The summed E-state index contributed by atoms with van der Waals surface area (Å²) in [4.78, 5) is 37.3. The summed E-state index contributed by atoms with van der Waals surface area (Å²) < 4.78 is 0. The summed E-state index contributed by atoms with van der Waals surface area (Å²) >= 11 is 0. The molecule has 0 saturated heterocycles. The molecule has 6 nitrogen and oxygen atoms in total. The van der Waals surface area contributed by atoms with Crippen molar-refractivity contribution in [2.45, 2.75) is 64.0 Å². The second kappa shape index (κ2) is 11.4. The molecule has 1 aliphatic rings. The summed E-state index contributed by atoms with van der Waals surface area (Å²) in [6, 6.07) is 18.9. The van der Waals surface area contributed by atoms with Crippen LogP contribution in [-0.2, 0) is 22.4 Å². The van der Waals surface area contributed by atoms with Gasteiger partial charge in [0.05, 0.1) is 6.42 Å². The van der Waals surface area contributed by atoms with Gasteiger partial charge in [-0.05, 0) is 54.7 Å². The number of carbonyl (C=O) groups is 2. The van der Waals surface area contributed by atoms with Crippen molar-refractivity contribution in [2.75, 3.05) is 4.90 Å². The zero-order valence-corrected chi connectivity index (χ0v) is 21.3. The number of aryl methyl sites for hydroxylation is 1. The lowest BCUT2D eigenvalue weighted by Crippen LogP contribution is -2.47. The Bertz CT molecular complexity index is 1340. The van der Waals surface area contributed by atoms with E-state index in [-0.39, 0.29) is 24.3 Å².